The van der Waals surface area contributed by atoms with Gasteiger partial charge in [-0.2, -0.15) is 5.26 Å². The van der Waals surface area contributed by atoms with Gasteiger partial charge in [0, 0.05) is 18.6 Å². The first-order valence-electron chi connectivity index (χ1n) is 7.01. The fourth-order valence-electron chi connectivity index (χ4n) is 2.63. The van der Waals surface area contributed by atoms with Crippen LogP contribution < -0.4 is 5.32 Å². The SMILES string of the molecule is CC(C)NC(C#N)(COCC1CCOC1)C1CC1. The van der Waals surface area contributed by atoms with Crippen LogP contribution in [0.25, 0.3) is 0 Å². The van der Waals surface area contributed by atoms with E-state index in [9.17, 15) is 5.26 Å². The van der Waals surface area contributed by atoms with Gasteiger partial charge in [-0.15, -0.1) is 0 Å². The zero-order valence-electron chi connectivity index (χ0n) is 11.4. The first kappa shape index (κ1) is 13.8. The van der Waals surface area contributed by atoms with Gasteiger partial charge in [-0.05, 0) is 39.0 Å². The fourth-order valence-corrected chi connectivity index (χ4v) is 2.63. The molecule has 0 spiro atoms. The lowest BCUT2D eigenvalue weighted by atomic mass is 9.95. The van der Waals surface area contributed by atoms with E-state index >= 15 is 0 Å². The van der Waals surface area contributed by atoms with E-state index in [0.717, 1.165) is 39.1 Å². The highest BCUT2D eigenvalue weighted by atomic mass is 16.5. The lowest BCUT2D eigenvalue weighted by molar-refractivity contribution is 0.0498. The van der Waals surface area contributed by atoms with Gasteiger partial charge in [-0.3, -0.25) is 5.32 Å². The van der Waals surface area contributed by atoms with Crippen molar-refractivity contribution in [3.8, 4) is 6.07 Å². The molecule has 0 bridgehead atoms. The maximum Gasteiger partial charge on any atom is 0.133 e. The molecule has 1 aliphatic carbocycles. The van der Waals surface area contributed by atoms with Gasteiger partial charge in [-0.1, -0.05) is 0 Å². The summed E-state index contributed by atoms with van der Waals surface area (Å²) >= 11 is 0. The zero-order valence-corrected chi connectivity index (χ0v) is 11.4. The van der Waals surface area contributed by atoms with E-state index in [1.807, 2.05) is 0 Å². The molecule has 1 heterocycles. The van der Waals surface area contributed by atoms with Crippen molar-refractivity contribution in [2.24, 2.45) is 11.8 Å². The number of nitrogens with zero attached hydrogens (tertiary/aromatic N) is 1. The van der Waals surface area contributed by atoms with Crippen LogP contribution in [0.5, 0.6) is 0 Å². The number of hydrogen-bond donors (Lipinski definition) is 1. The van der Waals surface area contributed by atoms with Crippen molar-refractivity contribution in [2.75, 3.05) is 26.4 Å². The summed E-state index contributed by atoms with van der Waals surface area (Å²) in [7, 11) is 0. The van der Waals surface area contributed by atoms with E-state index in [1.165, 1.54) is 0 Å². The second-order valence-corrected chi connectivity index (χ2v) is 5.90. The molecule has 102 valence electrons. The Hall–Kier alpha value is -0.630. The van der Waals surface area contributed by atoms with E-state index in [1.54, 1.807) is 0 Å². The first-order valence-corrected chi connectivity index (χ1v) is 7.01. The normalized spacial score (nSPS) is 27.1. The van der Waals surface area contributed by atoms with Crippen molar-refractivity contribution in [1.29, 1.82) is 5.26 Å². The van der Waals surface area contributed by atoms with E-state index < -0.39 is 5.54 Å². The van der Waals surface area contributed by atoms with Crippen LogP contribution >= 0.6 is 0 Å². The van der Waals surface area contributed by atoms with Crippen molar-refractivity contribution in [1.82, 2.24) is 5.32 Å². The Morgan fingerprint density at radius 3 is 2.72 bits per heavy atom. The van der Waals surface area contributed by atoms with E-state index in [-0.39, 0.29) is 0 Å². The summed E-state index contributed by atoms with van der Waals surface area (Å²) in [6.07, 6.45) is 3.37. The van der Waals surface area contributed by atoms with Crippen molar-refractivity contribution in [3.05, 3.63) is 0 Å². The maximum absolute atomic E-state index is 9.51. The van der Waals surface area contributed by atoms with Crippen LogP contribution in [0.3, 0.4) is 0 Å². The second-order valence-electron chi connectivity index (χ2n) is 5.90. The molecule has 1 aliphatic heterocycles. The summed E-state index contributed by atoms with van der Waals surface area (Å²) in [6.45, 7) is 7.04. The van der Waals surface area contributed by atoms with Crippen LogP contribution in [0.1, 0.15) is 33.1 Å². The van der Waals surface area contributed by atoms with Gasteiger partial charge >= 0.3 is 0 Å². The van der Waals surface area contributed by atoms with Gasteiger partial charge in [0.25, 0.3) is 0 Å². The molecule has 18 heavy (non-hydrogen) atoms. The minimum atomic E-state index is -0.479. The lowest BCUT2D eigenvalue weighted by Crippen LogP contribution is -2.53. The largest absolute Gasteiger partial charge is 0.381 e. The maximum atomic E-state index is 9.51. The Morgan fingerprint density at radius 1 is 1.44 bits per heavy atom. The number of ether oxygens (including phenoxy) is 2. The minimum Gasteiger partial charge on any atom is -0.381 e. The molecule has 1 saturated heterocycles. The number of nitrogens with one attached hydrogen (secondary N) is 1. The Balaban J connectivity index is 1.82. The summed E-state index contributed by atoms with van der Waals surface area (Å²) < 4.78 is 11.1. The molecule has 0 radical (unpaired) electrons. The topological polar surface area (TPSA) is 54.3 Å². The van der Waals surface area contributed by atoms with Gasteiger partial charge < -0.3 is 9.47 Å². The molecule has 0 aromatic rings. The van der Waals surface area contributed by atoms with E-state index in [0.29, 0.717) is 24.5 Å². The van der Waals surface area contributed by atoms with Crippen LogP contribution in [0.15, 0.2) is 0 Å². The van der Waals surface area contributed by atoms with Crippen LogP contribution in [0, 0.1) is 23.2 Å². The van der Waals surface area contributed by atoms with Gasteiger partial charge in [0.2, 0.25) is 0 Å². The van der Waals surface area contributed by atoms with E-state index in [4.69, 9.17) is 9.47 Å². The molecule has 2 fully saturated rings. The zero-order chi connectivity index (χ0) is 13.0. The summed E-state index contributed by atoms with van der Waals surface area (Å²) in [5, 5.41) is 12.9. The summed E-state index contributed by atoms with van der Waals surface area (Å²) in [6, 6.07) is 2.78. The number of hydrogen-bond acceptors (Lipinski definition) is 4. The van der Waals surface area contributed by atoms with Crippen LogP contribution in [0.4, 0.5) is 0 Å². The number of rotatable bonds is 7. The molecule has 0 aromatic heterocycles. The summed E-state index contributed by atoms with van der Waals surface area (Å²) in [5.41, 5.74) is -0.479. The molecule has 2 aliphatic rings. The van der Waals surface area contributed by atoms with Gasteiger partial charge in [0.15, 0.2) is 0 Å². The molecule has 2 unspecified atom stereocenters. The Bertz CT molecular complexity index is 303. The van der Waals surface area contributed by atoms with Crippen molar-refractivity contribution < 1.29 is 9.47 Å². The molecule has 1 saturated carbocycles. The van der Waals surface area contributed by atoms with Crippen LogP contribution in [-0.2, 0) is 9.47 Å². The third-order valence-electron chi connectivity index (χ3n) is 3.73. The fraction of sp³-hybridized carbons (Fsp3) is 0.929. The van der Waals surface area contributed by atoms with Gasteiger partial charge in [0.05, 0.1) is 25.9 Å². The minimum absolute atomic E-state index is 0.309. The Labute approximate surface area is 110 Å². The molecular weight excluding hydrogens is 228 g/mol. The summed E-state index contributed by atoms with van der Waals surface area (Å²) in [4.78, 5) is 0. The molecule has 4 heteroatoms. The third-order valence-corrected chi connectivity index (χ3v) is 3.73. The number of nitriles is 1. The second kappa shape index (κ2) is 6.01. The monoisotopic (exact) mass is 252 g/mol. The van der Waals surface area contributed by atoms with Crippen molar-refractivity contribution in [2.45, 2.75) is 44.7 Å². The highest BCUT2D eigenvalue weighted by Gasteiger charge is 2.46. The predicted molar refractivity (Wildman–Crippen MR) is 69.1 cm³/mol. The van der Waals surface area contributed by atoms with Crippen LogP contribution in [0.2, 0.25) is 0 Å². The van der Waals surface area contributed by atoms with E-state index in [2.05, 4.69) is 25.2 Å². The third kappa shape index (κ3) is 3.44. The first-order chi connectivity index (χ1) is 8.66. The average Bonchev–Trinajstić information content (AvgIpc) is 3.07. The molecule has 4 nitrogen and oxygen atoms in total. The Kier molecular flexibility index (Phi) is 4.60. The van der Waals surface area contributed by atoms with Gasteiger partial charge in [-0.25, -0.2) is 0 Å². The summed E-state index contributed by atoms with van der Waals surface area (Å²) in [5.74, 6) is 0.976. The molecule has 1 N–H and O–H groups in total. The van der Waals surface area contributed by atoms with Gasteiger partial charge in [0.1, 0.15) is 5.54 Å². The molecule has 0 amide bonds. The molecule has 0 aromatic carbocycles. The highest BCUT2D eigenvalue weighted by molar-refractivity contribution is 5.16. The quantitative estimate of drug-likeness (QED) is 0.749. The molecule has 2 atom stereocenters. The van der Waals surface area contributed by atoms with Crippen molar-refractivity contribution >= 4 is 0 Å². The Morgan fingerprint density at radius 2 is 2.22 bits per heavy atom. The van der Waals surface area contributed by atoms with Crippen molar-refractivity contribution in [3.63, 3.8) is 0 Å². The predicted octanol–water partition coefficient (Wildman–Crippen LogP) is 1.71. The van der Waals surface area contributed by atoms with Crippen LogP contribution in [-0.4, -0.2) is 38.0 Å². The smallest absolute Gasteiger partial charge is 0.133 e. The highest BCUT2D eigenvalue weighted by Crippen LogP contribution is 2.40. The molecular formula is C14H24N2O2. The molecule has 2 rings (SSSR count). The lowest BCUT2D eigenvalue weighted by Gasteiger charge is -2.30. The standard InChI is InChI=1S/C14H24N2O2/c1-11(2)16-14(9-15,13-3-4-13)10-18-8-12-5-6-17-7-12/h11-13,16H,3-8,10H2,1-2H3. The average molecular weight is 252 g/mol.